The first kappa shape index (κ1) is 14.7. The van der Waals surface area contributed by atoms with Crippen LogP contribution in [0.3, 0.4) is 0 Å². The number of rotatable bonds is 5. The average Bonchev–Trinajstić information content (AvgIpc) is 2.18. The zero-order valence-corrected chi connectivity index (χ0v) is 12.1. The minimum Gasteiger partial charge on any atom is -0.242 e. The van der Waals surface area contributed by atoms with Crippen molar-refractivity contribution in [3.05, 3.63) is 0 Å². The fraction of sp³-hybridized carbons (Fsp3) is 0.923. The van der Waals surface area contributed by atoms with Crippen LogP contribution in [0, 0.1) is 23.2 Å². The molecule has 0 aromatic rings. The Hall–Kier alpha value is -0.400. The van der Waals surface area contributed by atoms with E-state index in [2.05, 4.69) is 17.7 Å². The molecular formula is C13H24N2OS. The van der Waals surface area contributed by atoms with Crippen LogP contribution in [0.25, 0.3) is 0 Å². The van der Waals surface area contributed by atoms with Gasteiger partial charge in [0.25, 0.3) is 0 Å². The SMILES string of the molecule is CCC(C1CCC1)[C@@H](C#N)N[S@@](=O)C(C)(C)C. The van der Waals surface area contributed by atoms with E-state index >= 15 is 0 Å². The topological polar surface area (TPSA) is 52.9 Å². The van der Waals surface area contributed by atoms with Crippen molar-refractivity contribution in [3.63, 3.8) is 0 Å². The molecular weight excluding hydrogens is 232 g/mol. The number of hydrogen-bond donors (Lipinski definition) is 1. The van der Waals surface area contributed by atoms with Gasteiger partial charge in [0.1, 0.15) is 6.04 Å². The Morgan fingerprint density at radius 3 is 2.35 bits per heavy atom. The third-order valence-electron chi connectivity index (χ3n) is 3.58. The highest BCUT2D eigenvalue weighted by Gasteiger charge is 2.34. The van der Waals surface area contributed by atoms with E-state index in [0.29, 0.717) is 11.8 Å². The molecule has 1 N–H and O–H groups in total. The van der Waals surface area contributed by atoms with Crippen LogP contribution >= 0.6 is 0 Å². The fourth-order valence-corrected chi connectivity index (χ4v) is 3.02. The molecule has 1 rings (SSSR count). The lowest BCUT2D eigenvalue weighted by Gasteiger charge is -2.36. The molecule has 98 valence electrons. The van der Waals surface area contributed by atoms with E-state index in [0.717, 1.165) is 6.42 Å². The van der Waals surface area contributed by atoms with Crippen molar-refractivity contribution in [2.75, 3.05) is 0 Å². The van der Waals surface area contributed by atoms with Gasteiger partial charge in [0.15, 0.2) is 0 Å². The van der Waals surface area contributed by atoms with Crippen molar-refractivity contribution in [1.82, 2.24) is 4.72 Å². The van der Waals surface area contributed by atoms with Crippen LogP contribution < -0.4 is 4.72 Å². The summed E-state index contributed by atoms with van der Waals surface area (Å²) in [6.45, 7) is 7.90. The maximum absolute atomic E-state index is 12.0. The fourth-order valence-electron chi connectivity index (χ4n) is 2.21. The monoisotopic (exact) mass is 256 g/mol. The molecule has 0 heterocycles. The van der Waals surface area contributed by atoms with Gasteiger partial charge in [-0.2, -0.15) is 5.26 Å². The minimum absolute atomic E-state index is 0.273. The van der Waals surface area contributed by atoms with E-state index in [-0.39, 0.29) is 10.8 Å². The van der Waals surface area contributed by atoms with Crippen LogP contribution in [0.2, 0.25) is 0 Å². The second-order valence-corrected chi connectivity index (χ2v) is 7.87. The Balaban J connectivity index is 2.64. The van der Waals surface area contributed by atoms with Crippen molar-refractivity contribution < 1.29 is 4.21 Å². The Morgan fingerprint density at radius 1 is 1.47 bits per heavy atom. The molecule has 0 saturated heterocycles. The first-order chi connectivity index (χ1) is 7.90. The molecule has 0 amide bonds. The minimum atomic E-state index is -1.16. The third kappa shape index (κ3) is 3.79. The summed E-state index contributed by atoms with van der Waals surface area (Å²) in [5, 5.41) is 9.26. The summed E-state index contributed by atoms with van der Waals surface area (Å²) in [5.41, 5.74) is 0. The normalized spacial score (nSPS) is 22.3. The molecule has 0 aromatic carbocycles. The van der Waals surface area contributed by atoms with Crippen LogP contribution in [-0.4, -0.2) is 15.0 Å². The summed E-state index contributed by atoms with van der Waals surface area (Å²) in [6, 6.07) is 2.03. The van der Waals surface area contributed by atoms with Gasteiger partial charge in [-0.25, -0.2) is 8.93 Å². The lowest BCUT2D eigenvalue weighted by Crippen LogP contribution is -2.45. The highest BCUT2D eigenvalue weighted by Crippen LogP contribution is 2.37. The molecule has 0 bridgehead atoms. The Kier molecular flexibility index (Phi) is 5.15. The molecule has 3 nitrogen and oxygen atoms in total. The van der Waals surface area contributed by atoms with Crippen LogP contribution in [-0.2, 0) is 11.0 Å². The van der Waals surface area contributed by atoms with Crippen molar-refractivity contribution >= 4 is 11.0 Å². The summed E-state index contributed by atoms with van der Waals surface area (Å²) >= 11 is 0. The molecule has 0 spiro atoms. The van der Waals surface area contributed by atoms with Crippen molar-refractivity contribution in [3.8, 4) is 6.07 Å². The van der Waals surface area contributed by atoms with Gasteiger partial charge in [0, 0.05) is 0 Å². The average molecular weight is 256 g/mol. The van der Waals surface area contributed by atoms with Crippen LogP contribution in [0.4, 0.5) is 0 Å². The van der Waals surface area contributed by atoms with Crippen molar-refractivity contribution in [1.29, 1.82) is 5.26 Å². The predicted molar refractivity (Wildman–Crippen MR) is 71.6 cm³/mol. The molecule has 1 aliphatic carbocycles. The first-order valence-corrected chi connectivity index (χ1v) is 7.62. The number of nitrogens with one attached hydrogen (secondary N) is 1. The molecule has 3 atom stereocenters. The Bertz CT molecular complexity index is 312. The molecule has 1 aliphatic rings. The van der Waals surface area contributed by atoms with Gasteiger partial charge in [-0.1, -0.05) is 32.6 Å². The first-order valence-electron chi connectivity index (χ1n) is 6.47. The van der Waals surface area contributed by atoms with E-state index in [9.17, 15) is 9.47 Å². The zero-order valence-electron chi connectivity index (χ0n) is 11.3. The van der Waals surface area contributed by atoms with Gasteiger partial charge in [0.2, 0.25) is 0 Å². The van der Waals surface area contributed by atoms with Crippen LogP contribution in [0.5, 0.6) is 0 Å². The molecule has 0 aliphatic heterocycles. The van der Waals surface area contributed by atoms with Crippen molar-refractivity contribution in [2.45, 2.75) is 64.2 Å². The lowest BCUT2D eigenvalue weighted by atomic mass is 9.72. The predicted octanol–water partition coefficient (Wildman–Crippen LogP) is 2.76. The highest BCUT2D eigenvalue weighted by molar-refractivity contribution is 7.84. The van der Waals surface area contributed by atoms with Gasteiger partial charge < -0.3 is 0 Å². The summed E-state index contributed by atoms with van der Waals surface area (Å²) in [7, 11) is -1.16. The van der Waals surface area contributed by atoms with Gasteiger partial charge in [-0.15, -0.1) is 0 Å². The lowest BCUT2D eigenvalue weighted by molar-refractivity contribution is 0.184. The van der Waals surface area contributed by atoms with Gasteiger partial charge >= 0.3 is 0 Å². The molecule has 17 heavy (non-hydrogen) atoms. The molecule has 1 saturated carbocycles. The van der Waals surface area contributed by atoms with Gasteiger partial charge in [-0.05, 0) is 32.6 Å². The second-order valence-electron chi connectivity index (χ2n) is 5.87. The molecule has 1 fully saturated rings. The highest BCUT2D eigenvalue weighted by atomic mass is 32.2. The van der Waals surface area contributed by atoms with E-state index in [1.807, 2.05) is 20.8 Å². The zero-order chi connectivity index (χ0) is 13.1. The third-order valence-corrected chi connectivity index (χ3v) is 5.16. The quantitative estimate of drug-likeness (QED) is 0.822. The number of hydrogen-bond acceptors (Lipinski definition) is 2. The van der Waals surface area contributed by atoms with Gasteiger partial charge in [0.05, 0.1) is 21.8 Å². The maximum Gasteiger partial charge on any atom is 0.109 e. The van der Waals surface area contributed by atoms with E-state index < -0.39 is 11.0 Å². The standard InChI is InChI=1S/C13H24N2OS/c1-5-11(10-7-6-8-10)12(9-14)15-17(16)13(2,3)4/h10-12,15H,5-8H2,1-4H3/t11?,12-,17+/m1/s1. The van der Waals surface area contributed by atoms with Gasteiger partial charge in [-0.3, -0.25) is 0 Å². The summed E-state index contributed by atoms with van der Waals surface area (Å²) < 4.78 is 14.7. The molecule has 0 aromatic heterocycles. The van der Waals surface area contributed by atoms with E-state index in [1.54, 1.807) is 0 Å². The smallest absolute Gasteiger partial charge is 0.109 e. The largest absolute Gasteiger partial charge is 0.242 e. The van der Waals surface area contributed by atoms with Crippen molar-refractivity contribution in [2.24, 2.45) is 11.8 Å². The Morgan fingerprint density at radius 2 is 2.06 bits per heavy atom. The second kappa shape index (κ2) is 5.97. The summed E-state index contributed by atoms with van der Waals surface area (Å²) in [6.07, 6.45) is 4.71. The van der Waals surface area contributed by atoms with Crippen LogP contribution in [0.1, 0.15) is 53.4 Å². The van der Waals surface area contributed by atoms with E-state index in [1.165, 1.54) is 19.3 Å². The maximum atomic E-state index is 12.0. The molecule has 4 heteroatoms. The summed E-state index contributed by atoms with van der Waals surface area (Å²) in [4.78, 5) is 0. The molecule has 0 radical (unpaired) electrons. The summed E-state index contributed by atoms with van der Waals surface area (Å²) in [5.74, 6) is 0.995. The Labute approximate surface area is 108 Å². The van der Waals surface area contributed by atoms with Crippen LogP contribution in [0.15, 0.2) is 0 Å². The van der Waals surface area contributed by atoms with E-state index in [4.69, 9.17) is 0 Å². The number of nitriles is 1. The number of nitrogens with zero attached hydrogens (tertiary/aromatic N) is 1. The molecule has 1 unspecified atom stereocenters.